The van der Waals surface area contributed by atoms with E-state index in [1.165, 1.54) is 11.0 Å². The van der Waals surface area contributed by atoms with E-state index >= 15 is 0 Å². The van der Waals surface area contributed by atoms with Crippen LogP contribution in [0.15, 0.2) is 18.2 Å². The summed E-state index contributed by atoms with van der Waals surface area (Å²) in [7, 11) is 0. The van der Waals surface area contributed by atoms with Gasteiger partial charge in [0.25, 0.3) is 11.8 Å². The Balaban J connectivity index is 1.80. The van der Waals surface area contributed by atoms with Crippen LogP contribution in [0.5, 0.6) is 0 Å². The molecule has 1 aromatic carbocycles. The summed E-state index contributed by atoms with van der Waals surface area (Å²) < 4.78 is 0. The standard InChI is InChI=1S/C17H16N4O4/c1-9(7-18)19-15(23)10-2-3-12-11(6-10)8-21(17(12)25)13-4-5-14(22)20-16(13)24/h2-3,6,9,13H,4-5,8H2,1H3,(H,19,23)(H,20,22,24). The molecular weight excluding hydrogens is 324 g/mol. The molecule has 0 spiro atoms. The smallest absolute Gasteiger partial charge is 0.255 e. The number of hydrogen-bond acceptors (Lipinski definition) is 5. The number of benzene rings is 1. The Morgan fingerprint density at radius 3 is 2.84 bits per heavy atom. The molecule has 2 heterocycles. The van der Waals surface area contributed by atoms with Crippen molar-refractivity contribution < 1.29 is 19.2 Å². The number of nitrogens with one attached hydrogen (secondary N) is 2. The molecule has 128 valence electrons. The zero-order valence-electron chi connectivity index (χ0n) is 13.5. The molecule has 0 bridgehead atoms. The van der Waals surface area contributed by atoms with Crippen molar-refractivity contribution in [3.63, 3.8) is 0 Å². The van der Waals surface area contributed by atoms with E-state index in [2.05, 4.69) is 10.6 Å². The van der Waals surface area contributed by atoms with E-state index in [4.69, 9.17) is 5.26 Å². The van der Waals surface area contributed by atoms with Crippen molar-refractivity contribution >= 4 is 23.6 Å². The first-order valence-corrected chi connectivity index (χ1v) is 7.88. The summed E-state index contributed by atoms with van der Waals surface area (Å²) in [4.78, 5) is 49.3. The average Bonchev–Trinajstić information content (AvgIpc) is 2.91. The van der Waals surface area contributed by atoms with Crippen molar-refractivity contribution in [2.45, 2.75) is 38.4 Å². The molecule has 2 aliphatic rings. The van der Waals surface area contributed by atoms with Gasteiger partial charge in [0.2, 0.25) is 11.8 Å². The van der Waals surface area contributed by atoms with Gasteiger partial charge in [0.15, 0.2) is 0 Å². The van der Waals surface area contributed by atoms with Gasteiger partial charge in [-0.15, -0.1) is 0 Å². The molecule has 0 saturated carbocycles. The van der Waals surface area contributed by atoms with Crippen LogP contribution in [-0.4, -0.2) is 40.6 Å². The third-order valence-corrected chi connectivity index (χ3v) is 4.33. The highest BCUT2D eigenvalue weighted by Gasteiger charge is 2.39. The van der Waals surface area contributed by atoms with Crippen molar-refractivity contribution in [2.24, 2.45) is 0 Å². The summed E-state index contributed by atoms with van der Waals surface area (Å²) in [5.74, 6) is -1.50. The number of hydrogen-bond donors (Lipinski definition) is 2. The molecule has 2 atom stereocenters. The third-order valence-electron chi connectivity index (χ3n) is 4.33. The highest BCUT2D eigenvalue weighted by Crippen LogP contribution is 2.28. The molecule has 1 aromatic rings. The van der Waals surface area contributed by atoms with Crippen LogP contribution in [0.25, 0.3) is 0 Å². The fourth-order valence-electron chi connectivity index (χ4n) is 3.03. The quantitative estimate of drug-likeness (QED) is 0.756. The summed E-state index contributed by atoms with van der Waals surface area (Å²) in [6.45, 7) is 1.77. The number of carbonyl (C=O) groups excluding carboxylic acids is 4. The Hall–Kier alpha value is -3.21. The van der Waals surface area contributed by atoms with Gasteiger partial charge in [0, 0.05) is 24.1 Å². The van der Waals surface area contributed by atoms with Gasteiger partial charge in [0.05, 0.1) is 6.07 Å². The van der Waals surface area contributed by atoms with Gasteiger partial charge in [-0.05, 0) is 37.1 Å². The van der Waals surface area contributed by atoms with Crippen LogP contribution in [0.4, 0.5) is 0 Å². The topological polar surface area (TPSA) is 119 Å². The summed E-state index contributed by atoms with van der Waals surface area (Å²) in [5, 5.41) is 13.5. The van der Waals surface area contributed by atoms with Gasteiger partial charge in [-0.3, -0.25) is 24.5 Å². The minimum atomic E-state index is -0.687. The maximum absolute atomic E-state index is 12.5. The molecule has 1 fully saturated rings. The first kappa shape index (κ1) is 16.6. The minimum absolute atomic E-state index is 0.191. The summed E-state index contributed by atoms with van der Waals surface area (Å²) in [6.07, 6.45) is 0.480. The predicted octanol–water partition coefficient (Wildman–Crippen LogP) is 0.0895. The Labute approximate surface area is 143 Å². The maximum atomic E-state index is 12.5. The average molecular weight is 340 g/mol. The molecule has 2 unspecified atom stereocenters. The van der Waals surface area contributed by atoms with Gasteiger partial charge in [-0.1, -0.05) is 0 Å². The number of piperidine rings is 1. The first-order valence-electron chi connectivity index (χ1n) is 7.88. The Morgan fingerprint density at radius 2 is 2.16 bits per heavy atom. The number of fused-ring (bicyclic) bond motifs is 1. The predicted molar refractivity (Wildman–Crippen MR) is 85.0 cm³/mol. The minimum Gasteiger partial charge on any atom is -0.337 e. The van der Waals surface area contributed by atoms with Crippen LogP contribution in [0, 0.1) is 11.3 Å². The van der Waals surface area contributed by atoms with Crippen molar-refractivity contribution in [1.82, 2.24) is 15.5 Å². The van der Waals surface area contributed by atoms with E-state index in [1.54, 1.807) is 19.1 Å². The van der Waals surface area contributed by atoms with Crippen molar-refractivity contribution in [3.8, 4) is 6.07 Å². The van der Waals surface area contributed by atoms with E-state index in [9.17, 15) is 19.2 Å². The van der Waals surface area contributed by atoms with Gasteiger partial charge >= 0.3 is 0 Å². The van der Waals surface area contributed by atoms with Gasteiger partial charge < -0.3 is 10.2 Å². The van der Waals surface area contributed by atoms with Crippen LogP contribution >= 0.6 is 0 Å². The molecule has 4 amide bonds. The molecule has 3 rings (SSSR count). The maximum Gasteiger partial charge on any atom is 0.255 e. The van der Waals surface area contributed by atoms with Crippen LogP contribution in [0.2, 0.25) is 0 Å². The normalized spacial score (nSPS) is 20.6. The zero-order valence-corrected chi connectivity index (χ0v) is 13.5. The van der Waals surface area contributed by atoms with Crippen molar-refractivity contribution in [1.29, 1.82) is 5.26 Å². The largest absolute Gasteiger partial charge is 0.337 e. The summed E-state index contributed by atoms with van der Waals surface area (Å²) >= 11 is 0. The lowest BCUT2D eigenvalue weighted by molar-refractivity contribution is -0.136. The van der Waals surface area contributed by atoms with Crippen LogP contribution in [0.3, 0.4) is 0 Å². The fraction of sp³-hybridized carbons (Fsp3) is 0.353. The molecule has 0 aromatic heterocycles. The lowest BCUT2D eigenvalue weighted by Gasteiger charge is -2.29. The Kier molecular flexibility index (Phi) is 4.23. The number of imide groups is 1. The highest BCUT2D eigenvalue weighted by atomic mass is 16.2. The van der Waals surface area contributed by atoms with Crippen molar-refractivity contribution in [2.75, 3.05) is 0 Å². The SMILES string of the molecule is CC(C#N)NC(=O)c1ccc2c(c1)CN(C1CCC(=O)NC1=O)C2=O. The van der Waals surface area contributed by atoms with E-state index < -0.39 is 23.9 Å². The van der Waals surface area contributed by atoms with Crippen LogP contribution in [-0.2, 0) is 16.1 Å². The zero-order chi connectivity index (χ0) is 18.1. The Morgan fingerprint density at radius 1 is 1.40 bits per heavy atom. The van der Waals surface area contributed by atoms with Gasteiger partial charge in [-0.25, -0.2) is 0 Å². The number of rotatable bonds is 3. The highest BCUT2D eigenvalue weighted by molar-refractivity contribution is 6.06. The van der Waals surface area contributed by atoms with Crippen LogP contribution in [0.1, 0.15) is 46.0 Å². The van der Waals surface area contributed by atoms with Crippen LogP contribution < -0.4 is 10.6 Å². The summed E-state index contributed by atoms with van der Waals surface area (Å²) in [5.41, 5.74) is 1.43. The van der Waals surface area contributed by atoms with E-state index in [1.807, 2.05) is 6.07 Å². The number of amides is 4. The van der Waals surface area contributed by atoms with Gasteiger partial charge in [0.1, 0.15) is 12.1 Å². The molecule has 0 aliphatic carbocycles. The van der Waals surface area contributed by atoms with E-state index in [0.29, 0.717) is 16.7 Å². The summed E-state index contributed by atoms with van der Waals surface area (Å²) in [6, 6.07) is 5.27. The van der Waals surface area contributed by atoms with Gasteiger partial charge in [-0.2, -0.15) is 5.26 Å². The fourth-order valence-corrected chi connectivity index (χ4v) is 3.03. The first-order chi connectivity index (χ1) is 11.9. The van der Waals surface area contributed by atoms with E-state index in [0.717, 1.165) is 0 Å². The van der Waals surface area contributed by atoms with Crippen molar-refractivity contribution in [3.05, 3.63) is 34.9 Å². The molecular formula is C17H16N4O4. The number of nitrogens with zero attached hydrogens (tertiary/aromatic N) is 2. The van der Waals surface area contributed by atoms with E-state index in [-0.39, 0.29) is 31.2 Å². The molecule has 0 radical (unpaired) electrons. The molecule has 25 heavy (non-hydrogen) atoms. The molecule has 8 heteroatoms. The second-order valence-electron chi connectivity index (χ2n) is 6.10. The number of nitriles is 1. The second kappa shape index (κ2) is 6.36. The number of carbonyl (C=O) groups is 4. The second-order valence-corrected chi connectivity index (χ2v) is 6.10. The monoisotopic (exact) mass is 340 g/mol. The molecule has 1 saturated heterocycles. The third kappa shape index (κ3) is 3.08. The Bertz CT molecular complexity index is 826. The lowest BCUT2D eigenvalue weighted by Crippen LogP contribution is -2.52. The molecule has 2 aliphatic heterocycles. The molecule has 2 N–H and O–H groups in total. The lowest BCUT2D eigenvalue weighted by atomic mass is 10.0. The molecule has 8 nitrogen and oxygen atoms in total.